The first-order valence-corrected chi connectivity index (χ1v) is 13.5. The molecule has 2 saturated heterocycles. The van der Waals surface area contributed by atoms with Gasteiger partial charge < -0.3 is 30.9 Å². The summed E-state index contributed by atoms with van der Waals surface area (Å²) in [6.45, 7) is 3.39. The van der Waals surface area contributed by atoms with Crippen molar-refractivity contribution in [3.05, 3.63) is 59.4 Å². The summed E-state index contributed by atoms with van der Waals surface area (Å²) in [5, 5.41) is 36.8. The van der Waals surface area contributed by atoms with Gasteiger partial charge in [0.2, 0.25) is 5.91 Å². The van der Waals surface area contributed by atoms with Crippen LogP contribution in [-0.4, -0.2) is 70.5 Å². The minimum atomic E-state index is -1.50. The summed E-state index contributed by atoms with van der Waals surface area (Å²) in [5.74, 6) is -0.923. The summed E-state index contributed by atoms with van der Waals surface area (Å²) in [4.78, 5) is 26.0. The second kappa shape index (κ2) is 12.2. The van der Waals surface area contributed by atoms with Crippen LogP contribution in [0.5, 0.6) is 0 Å². The van der Waals surface area contributed by atoms with Gasteiger partial charge in [-0.15, -0.1) is 0 Å². The Morgan fingerprint density at radius 3 is 2.74 bits per heavy atom. The predicted octanol–water partition coefficient (Wildman–Crippen LogP) is 3.25. The molecule has 2 aliphatic rings. The van der Waals surface area contributed by atoms with Crippen molar-refractivity contribution in [1.29, 1.82) is 0 Å². The van der Waals surface area contributed by atoms with Crippen LogP contribution in [0, 0.1) is 11.7 Å². The highest BCUT2D eigenvalue weighted by Crippen LogP contribution is 2.44. The predicted molar refractivity (Wildman–Crippen MR) is 142 cm³/mol. The van der Waals surface area contributed by atoms with E-state index in [1.54, 1.807) is 17.0 Å². The smallest absolute Gasteiger partial charge is 0.404 e. The third kappa shape index (κ3) is 6.17. The van der Waals surface area contributed by atoms with E-state index in [-0.39, 0.29) is 24.8 Å². The normalized spacial score (nSPS) is 23.2. The zero-order chi connectivity index (χ0) is 27.3. The number of β-amino-alcohol motifs (C(OH)–C–C–N with tert-alkyl or cyclic N) is 1. The molecular weight excluding hydrogens is 489 g/mol. The molecule has 2 aliphatic heterocycles. The minimum Gasteiger partial charge on any atom is -0.465 e. The van der Waals surface area contributed by atoms with Crippen LogP contribution in [-0.2, 0) is 16.8 Å². The molecule has 0 unspecified atom stereocenters. The number of aliphatic hydroxyl groups is 2. The molecule has 0 bridgehead atoms. The molecule has 8 nitrogen and oxygen atoms in total. The Morgan fingerprint density at radius 2 is 2.03 bits per heavy atom. The number of carboxylic acid groups (broad SMARTS) is 1. The Morgan fingerprint density at radius 1 is 1.24 bits per heavy atom. The lowest BCUT2D eigenvalue weighted by atomic mass is 9.72. The quantitative estimate of drug-likeness (QED) is 0.319. The SMILES string of the molecule is CCc1cccc(-c2c(F)cccc2[C@](O)(CCCNC(=O)O)[C@@H]2CCCN(C(=O)[C@H]3C[C@@H](O)CN3)C2)c1. The Hall–Kier alpha value is -3.01. The van der Waals surface area contributed by atoms with E-state index < -0.39 is 29.7 Å². The molecule has 38 heavy (non-hydrogen) atoms. The number of aryl methyl sites for hydroxylation is 1. The molecule has 2 aromatic rings. The van der Waals surface area contributed by atoms with Crippen molar-refractivity contribution >= 4 is 12.0 Å². The van der Waals surface area contributed by atoms with E-state index in [4.69, 9.17) is 5.11 Å². The molecule has 0 saturated carbocycles. The summed E-state index contributed by atoms with van der Waals surface area (Å²) >= 11 is 0. The Bertz CT molecular complexity index is 1140. The summed E-state index contributed by atoms with van der Waals surface area (Å²) < 4.78 is 15.5. The molecule has 0 spiro atoms. The zero-order valence-corrected chi connectivity index (χ0v) is 21.8. The van der Waals surface area contributed by atoms with Gasteiger partial charge >= 0.3 is 6.09 Å². The fourth-order valence-electron chi connectivity index (χ4n) is 5.93. The van der Waals surface area contributed by atoms with Crippen molar-refractivity contribution in [1.82, 2.24) is 15.5 Å². The van der Waals surface area contributed by atoms with Gasteiger partial charge in [-0.05, 0) is 61.3 Å². The van der Waals surface area contributed by atoms with Crippen LogP contribution in [0.15, 0.2) is 42.5 Å². The number of piperidine rings is 1. The number of hydrogen-bond acceptors (Lipinski definition) is 5. The number of carbonyl (C=O) groups is 2. The van der Waals surface area contributed by atoms with Crippen molar-refractivity contribution < 1.29 is 29.3 Å². The van der Waals surface area contributed by atoms with E-state index in [1.807, 2.05) is 31.2 Å². The summed E-state index contributed by atoms with van der Waals surface area (Å²) in [5.41, 5.74) is 1.01. The van der Waals surface area contributed by atoms with Crippen LogP contribution in [0.25, 0.3) is 11.1 Å². The number of carbonyl (C=O) groups excluding carboxylic acids is 1. The molecular formula is C29H38FN3O5. The van der Waals surface area contributed by atoms with E-state index >= 15 is 4.39 Å². The molecule has 0 radical (unpaired) electrons. The topological polar surface area (TPSA) is 122 Å². The Labute approximate surface area is 222 Å². The van der Waals surface area contributed by atoms with E-state index in [1.165, 1.54) is 6.07 Å². The van der Waals surface area contributed by atoms with E-state index in [2.05, 4.69) is 10.6 Å². The van der Waals surface area contributed by atoms with Gasteiger partial charge in [0.15, 0.2) is 0 Å². The maximum absolute atomic E-state index is 15.5. The fourth-order valence-corrected chi connectivity index (χ4v) is 5.93. The third-order valence-electron chi connectivity index (χ3n) is 7.93. The number of hydrogen-bond donors (Lipinski definition) is 5. The van der Waals surface area contributed by atoms with Gasteiger partial charge in [0.25, 0.3) is 0 Å². The van der Waals surface area contributed by atoms with Gasteiger partial charge in [0.05, 0.1) is 17.7 Å². The minimum absolute atomic E-state index is 0.101. The molecule has 2 aromatic carbocycles. The van der Waals surface area contributed by atoms with Crippen molar-refractivity contribution in [2.75, 3.05) is 26.2 Å². The van der Waals surface area contributed by atoms with Crippen LogP contribution in [0.3, 0.4) is 0 Å². The molecule has 0 aliphatic carbocycles. The van der Waals surface area contributed by atoms with Crippen LogP contribution in [0.1, 0.15) is 50.2 Å². The number of rotatable bonds is 9. The second-order valence-corrected chi connectivity index (χ2v) is 10.4. The molecule has 0 aromatic heterocycles. The van der Waals surface area contributed by atoms with Crippen LogP contribution < -0.4 is 10.6 Å². The number of halogens is 1. The lowest BCUT2D eigenvalue weighted by Crippen LogP contribution is -2.52. The van der Waals surface area contributed by atoms with E-state index in [9.17, 15) is 19.8 Å². The summed E-state index contributed by atoms with van der Waals surface area (Å²) in [6.07, 6.45) is 1.29. The standard InChI is InChI=1S/C29H38FN3O5/c1-2-19-7-3-8-20(15-19)26-23(10-4-11-24(26)30)29(38,12-6-13-31-28(36)37)21-9-5-14-33(18-21)27(35)25-16-22(34)17-32-25/h3-4,7-8,10-11,15,21-22,25,31-32,34,38H,2,5-6,9,12-14,16-18H2,1H3,(H,36,37)/t21-,22-,25-,29+/m1/s1. The van der Waals surface area contributed by atoms with Crippen LogP contribution >= 0.6 is 0 Å². The highest BCUT2D eigenvalue weighted by atomic mass is 19.1. The Kier molecular flexibility index (Phi) is 9.02. The molecule has 2 heterocycles. The van der Waals surface area contributed by atoms with Crippen LogP contribution in [0.2, 0.25) is 0 Å². The first-order valence-electron chi connectivity index (χ1n) is 13.5. The van der Waals surface area contributed by atoms with Gasteiger partial charge in [-0.2, -0.15) is 0 Å². The maximum Gasteiger partial charge on any atom is 0.404 e. The lowest BCUT2D eigenvalue weighted by molar-refractivity contribution is -0.138. The highest BCUT2D eigenvalue weighted by Gasteiger charge is 2.44. The van der Waals surface area contributed by atoms with Gasteiger partial charge in [-0.3, -0.25) is 4.79 Å². The van der Waals surface area contributed by atoms with Gasteiger partial charge in [0.1, 0.15) is 5.82 Å². The van der Waals surface area contributed by atoms with Crippen molar-refractivity contribution in [2.24, 2.45) is 5.92 Å². The van der Waals surface area contributed by atoms with Crippen molar-refractivity contribution in [3.8, 4) is 11.1 Å². The maximum atomic E-state index is 15.5. The molecule has 2 amide bonds. The Balaban J connectivity index is 1.70. The molecule has 206 valence electrons. The van der Waals surface area contributed by atoms with Gasteiger partial charge in [0, 0.05) is 37.7 Å². The lowest BCUT2D eigenvalue weighted by Gasteiger charge is -2.44. The van der Waals surface area contributed by atoms with E-state index in [0.717, 1.165) is 12.0 Å². The first-order chi connectivity index (χ1) is 18.2. The van der Waals surface area contributed by atoms with Gasteiger partial charge in [-0.25, -0.2) is 9.18 Å². The number of likely N-dealkylation sites (tertiary alicyclic amines) is 1. The average molecular weight is 528 g/mol. The van der Waals surface area contributed by atoms with Crippen LogP contribution in [0.4, 0.5) is 9.18 Å². The monoisotopic (exact) mass is 527 g/mol. The highest BCUT2D eigenvalue weighted by molar-refractivity contribution is 5.82. The molecule has 5 N–H and O–H groups in total. The van der Waals surface area contributed by atoms with Crippen molar-refractivity contribution in [2.45, 2.75) is 63.2 Å². The zero-order valence-electron chi connectivity index (χ0n) is 21.8. The molecule has 9 heteroatoms. The third-order valence-corrected chi connectivity index (χ3v) is 7.93. The second-order valence-electron chi connectivity index (χ2n) is 10.4. The first kappa shape index (κ1) is 28.0. The summed E-state index contributed by atoms with van der Waals surface area (Å²) in [7, 11) is 0. The average Bonchev–Trinajstić information content (AvgIpc) is 3.36. The number of nitrogens with one attached hydrogen (secondary N) is 2. The number of benzene rings is 2. The number of amides is 2. The van der Waals surface area contributed by atoms with E-state index in [0.29, 0.717) is 62.0 Å². The number of nitrogens with zero attached hydrogens (tertiary/aromatic N) is 1. The molecule has 2 fully saturated rings. The van der Waals surface area contributed by atoms with Crippen molar-refractivity contribution in [3.63, 3.8) is 0 Å². The fraction of sp³-hybridized carbons (Fsp3) is 0.517. The largest absolute Gasteiger partial charge is 0.465 e. The molecule has 4 rings (SSSR count). The summed E-state index contributed by atoms with van der Waals surface area (Å²) in [6, 6.07) is 11.9. The number of aliphatic hydroxyl groups excluding tert-OH is 1. The molecule has 4 atom stereocenters. The van der Waals surface area contributed by atoms with Gasteiger partial charge in [-0.1, -0.05) is 43.3 Å².